The Morgan fingerprint density at radius 3 is 2.24 bits per heavy atom. The van der Waals surface area contributed by atoms with Crippen molar-refractivity contribution in [3.05, 3.63) is 65.5 Å². The molecule has 3 N–H and O–H groups in total. The molecule has 0 fully saturated rings. The lowest BCUT2D eigenvalue weighted by Crippen LogP contribution is -2.27. The van der Waals surface area contributed by atoms with E-state index < -0.39 is 24.2 Å². The standard InChI is InChI=1S/C15H13F3N2O/c16-11-4-6-12(7-5-11)20-13(15(19)21)9-2-1-3-10(8-9)14(17)18/h1-8,13-14,20H,(H2,19,21). The van der Waals surface area contributed by atoms with E-state index in [1.54, 1.807) is 0 Å². The van der Waals surface area contributed by atoms with Crippen LogP contribution in [0.25, 0.3) is 0 Å². The summed E-state index contributed by atoms with van der Waals surface area (Å²) in [4.78, 5) is 11.6. The zero-order chi connectivity index (χ0) is 15.4. The number of nitrogens with one attached hydrogen (secondary N) is 1. The highest BCUT2D eigenvalue weighted by atomic mass is 19.3. The van der Waals surface area contributed by atoms with Crippen LogP contribution in [0.3, 0.4) is 0 Å². The molecule has 0 aliphatic rings. The number of anilines is 1. The van der Waals surface area contributed by atoms with Crippen LogP contribution in [0.15, 0.2) is 48.5 Å². The summed E-state index contributed by atoms with van der Waals surface area (Å²) in [5, 5.41) is 2.80. The van der Waals surface area contributed by atoms with Gasteiger partial charge in [0.15, 0.2) is 0 Å². The number of alkyl halides is 2. The van der Waals surface area contributed by atoms with Crippen LogP contribution < -0.4 is 11.1 Å². The number of rotatable bonds is 5. The Labute approximate surface area is 119 Å². The molecular weight excluding hydrogens is 281 g/mol. The first-order valence-corrected chi connectivity index (χ1v) is 6.17. The number of nitrogens with two attached hydrogens (primary N) is 1. The van der Waals surface area contributed by atoms with Crippen molar-refractivity contribution < 1.29 is 18.0 Å². The average molecular weight is 294 g/mol. The van der Waals surface area contributed by atoms with E-state index in [-0.39, 0.29) is 5.56 Å². The number of hydrogen-bond acceptors (Lipinski definition) is 2. The molecule has 0 heterocycles. The molecule has 0 saturated heterocycles. The summed E-state index contributed by atoms with van der Waals surface area (Å²) in [7, 11) is 0. The molecule has 110 valence electrons. The molecule has 0 radical (unpaired) electrons. The Morgan fingerprint density at radius 1 is 1.05 bits per heavy atom. The first-order chi connectivity index (χ1) is 9.97. The van der Waals surface area contributed by atoms with Crippen LogP contribution in [-0.4, -0.2) is 5.91 Å². The predicted octanol–water partition coefficient (Wildman–Crippen LogP) is 3.40. The molecule has 3 nitrogen and oxygen atoms in total. The predicted molar refractivity (Wildman–Crippen MR) is 73.4 cm³/mol. The molecule has 0 aliphatic carbocycles. The highest BCUT2D eigenvalue weighted by Crippen LogP contribution is 2.25. The summed E-state index contributed by atoms with van der Waals surface area (Å²) < 4.78 is 38.3. The van der Waals surface area contributed by atoms with Gasteiger partial charge in [-0.25, -0.2) is 13.2 Å². The lowest BCUT2D eigenvalue weighted by Gasteiger charge is -2.18. The summed E-state index contributed by atoms with van der Waals surface area (Å²) in [6.07, 6.45) is -2.63. The van der Waals surface area contributed by atoms with Gasteiger partial charge in [-0.15, -0.1) is 0 Å². The molecule has 0 aromatic heterocycles. The topological polar surface area (TPSA) is 55.1 Å². The molecule has 0 saturated carbocycles. The first kappa shape index (κ1) is 14.9. The van der Waals surface area contributed by atoms with E-state index >= 15 is 0 Å². The van der Waals surface area contributed by atoms with Gasteiger partial charge in [0.05, 0.1) is 0 Å². The molecule has 2 rings (SSSR count). The molecule has 6 heteroatoms. The number of amides is 1. The number of benzene rings is 2. The summed E-state index contributed by atoms with van der Waals surface area (Å²) in [6.45, 7) is 0. The van der Waals surface area contributed by atoms with Gasteiger partial charge in [0.1, 0.15) is 11.9 Å². The van der Waals surface area contributed by atoms with Crippen LogP contribution in [-0.2, 0) is 4.79 Å². The molecule has 1 amide bonds. The van der Waals surface area contributed by atoms with E-state index in [2.05, 4.69) is 5.32 Å². The SMILES string of the molecule is NC(=O)C(Nc1ccc(F)cc1)c1cccc(C(F)F)c1. The van der Waals surface area contributed by atoms with Gasteiger partial charge in [-0.05, 0) is 35.9 Å². The van der Waals surface area contributed by atoms with E-state index in [0.717, 1.165) is 0 Å². The molecule has 0 bridgehead atoms. The maximum Gasteiger partial charge on any atom is 0.263 e. The fourth-order valence-electron chi connectivity index (χ4n) is 1.91. The van der Waals surface area contributed by atoms with Crippen molar-refractivity contribution in [1.29, 1.82) is 0 Å². The zero-order valence-corrected chi connectivity index (χ0v) is 10.9. The molecule has 1 atom stereocenters. The van der Waals surface area contributed by atoms with Crippen molar-refractivity contribution in [2.45, 2.75) is 12.5 Å². The lowest BCUT2D eigenvalue weighted by molar-refractivity contribution is -0.118. The van der Waals surface area contributed by atoms with Gasteiger partial charge in [0, 0.05) is 11.3 Å². The van der Waals surface area contributed by atoms with E-state index in [0.29, 0.717) is 11.3 Å². The molecule has 0 spiro atoms. The average Bonchev–Trinajstić information content (AvgIpc) is 2.46. The number of carbonyl (C=O) groups excluding carboxylic acids is 1. The Kier molecular flexibility index (Phi) is 4.47. The Hall–Kier alpha value is -2.50. The minimum Gasteiger partial charge on any atom is -0.370 e. The van der Waals surface area contributed by atoms with Crippen LogP contribution >= 0.6 is 0 Å². The maximum absolute atomic E-state index is 12.8. The van der Waals surface area contributed by atoms with Gasteiger partial charge in [0.2, 0.25) is 5.91 Å². The second-order valence-electron chi connectivity index (χ2n) is 4.46. The largest absolute Gasteiger partial charge is 0.370 e. The van der Waals surface area contributed by atoms with Crippen molar-refractivity contribution in [2.75, 3.05) is 5.32 Å². The number of hydrogen-bond donors (Lipinski definition) is 2. The summed E-state index contributed by atoms with van der Waals surface area (Å²) in [5.74, 6) is -1.14. The maximum atomic E-state index is 12.8. The van der Waals surface area contributed by atoms with Crippen LogP contribution in [0.1, 0.15) is 23.6 Å². The van der Waals surface area contributed by atoms with Crippen molar-refractivity contribution in [2.24, 2.45) is 5.73 Å². The number of primary amides is 1. The van der Waals surface area contributed by atoms with Crippen LogP contribution in [0.5, 0.6) is 0 Å². The van der Waals surface area contributed by atoms with Gasteiger partial charge in [-0.1, -0.05) is 18.2 Å². The highest BCUT2D eigenvalue weighted by molar-refractivity contribution is 5.84. The van der Waals surface area contributed by atoms with E-state index in [9.17, 15) is 18.0 Å². The second-order valence-corrected chi connectivity index (χ2v) is 4.46. The molecule has 2 aromatic rings. The highest BCUT2D eigenvalue weighted by Gasteiger charge is 2.19. The second kappa shape index (κ2) is 6.30. The fourth-order valence-corrected chi connectivity index (χ4v) is 1.91. The van der Waals surface area contributed by atoms with E-state index in [1.165, 1.54) is 48.5 Å². The molecule has 21 heavy (non-hydrogen) atoms. The third-order valence-electron chi connectivity index (χ3n) is 2.94. The van der Waals surface area contributed by atoms with Gasteiger partial charge >= 0.3 is 0 Å². The summed E-state index contributed by atoms with van der Waals surface area (Å²) >= 11 is 0. The quantitative estimate of drug-likeness (QED) is 0.888. The Bertz CT molecular complexity index is 629. The van der Waals surface area contributed by atoms with Crippen LogP contribution in [0.2, 0.25) is 0 Å². The Morgan fingerprint density at radius 2 is 1.67 bits per heavy atom. The smallest absolute Gasteiger partial charge is 0.263 e. The first-order valence-electron chi connectivity index (χ1n) is 6.17. The minimum absolute atomic E-state index is 0.195. The van der Waals surface area contributed by atoms with Gasteiger partial charge in [0.25, 0.3) is 6.43 Å². The van der Waals surface area contributed by atoms with Gasteiger partial charge in [-0.2, -0.15) is 0 Å². The normalized spacial score (nSPS) is 12.2. The Balaban J connectivity index is 2.28. The third kappa shape index (κ3) is 3.75. The number of halogens is 3. The zero-order valence-electron chi connectivity index (χ0n) is 10.9. The van der Waals surface area contributed by atoms with Crippen LogP contribution in [0.4, 0.5) is 18.9 Å². The fraction of sp³-hybridized carbons (Fsp3) is 0.133. The van der Waals surface area contributed by atoms with E-state index in [4.69, 9.17) is 5.73 Å². The minimum atomic E-state index is -2.63. The van der Waals surface area contributed by atoms with Crippen LogP contribution in [0, 0.1) is 5.82 Å². The van der Waals surface area contributed by atoms with Crippen molar-refractivity contribution in [3.8, 4) is 0 Å². The molecule has 0 aliphatic heterocycles. The van der Waals surface area contributed by atoms with Gasteiger partial charge < -0.3 is 11.1 Å². The summed E-state index contributed by atoms with van der Waals surface area (Å²) in [5.41, 5.74) is 5.90. The molecule has 1 unspecified atom stereocenters. The monoisotopic (exact) mass is 294 g/mol. The lowest BCUT2D eigenvalue weighted by atomic mass is 10.0. The number of carbonyl (C=O) groups is 1. The third-order valence-corrected chi connectivity index (χ3v) is 2.94. The van der Waals surface area contributed by atoms with Crippen molar-refractivity contribution in [3.63, 3.8) is 0 Å². The van der Waals surface area contributed by atoms with Crippen molar-refractivity contribution >= 4 is 11.6 Å². The van der Waals surface area contributed by atoms with Crippen molar-refractivity contribution in [1.82, 2.24) is 0 Å². The molecular formula is C15H13F3N2O. The van der Waals surface area contributed by atoms with E-state index in [1.807, 2.05) is 0 Å². The molecule has 2 aromatic carbocycles. The summed E-state index contributed by atoms with van der Waals surface area (Å²) in [6, 6.07) is 9.77. The van der Waals surface area contributed by atoms with Gasteiger partial charge in [-0.3, -0.25) is 4.79 Å².